The molecule has 1 atom stereocenters. The van der Waals surface area contributed by atoms with Gasteiger partial charge in [-0.25, -0.2) is 4.79 Å². The lowest BCUT2D eigenvalue weighted by atomic mass is 10.3. The summed E-state index contributed by atoms with van der Waals surface area (Å²) in [5.74, 6) is 0. The third-order valence-corrected chi connectivity index (χ3v) is 1.17. The van der Waals surface area contributed by atoms with E-state index in [2.05, 4.69) is 5.32 Å². The Kier molecular flexibility index (Phi) is 4.04. The zero-order chi connectivity index (χ0) is 8.85. The highest BCUT2D eigenvalue weighted by atomic mass is 16.2. The van der Waals surface area contributed by atoms with Gasteiger partial charge in [0.05, 0.1) is 12.5 Å². The molecular formula is C7H13N3O. The molecule has 0 aliphatic heterocycles. The van der Waals surface area contributed by atoms with Gasteiger partial charge in [-0.1, -0.05) is 0 Å². The first-order valence-electron chi connectivity index (χ1n) is 3.42. The molecule has 62 valence electrons. The first kappa shape index (κ1) is 9.76. The van der Waals surface area contributed by atoms with Crippen molar-refractivity contribution in [3.05, 3.63) is 0 Å². The van der Waals surface area contributed by atoms with E-state index in [9.17, 15) is 4.79 Å². The van der Waals surface area contributed by atoms with Crippen LogP contribution in [0.5, 0.6) is 0 Å². The Balaban J connectivity index is 3.68. The fourth-order valence-electron chi connectivity index (χ4n) is 0.528. The summed E-state index contributed by atoms with van der Waals surface area (Å²) in [6.07, 6.45) is 0.347. The first-order valence-corrected chi connectivity index (χ1v) is 3.42. The fraction of sp³-hybridized carbons (Fsp3) is 0.714. The van der Waals surface area contributed by atoms with E-state index in [4.69, 9.17) is 5.26 Å². The molecule has 0 aromatic rings. The van der Waals surface area contributed by atoms with Gasteiger partial charge in [-0.3, -0.25) is 0 Å². The molecule has 0 aromatic carbocycles. The van der Waals surface area contributed by atoms with Gasteiger partial charge in [0, 0.05) is 20.1 Å². The van der Waals surface area contributed by atoms with Crippen LogP contribution >= 0.6 is 0 Å². The SMILES string of the molecule is CC(CC#N)NC(=O)N(C)C. The number of amides is 2. The second kappa shape index (κ2) is 4.56. The third-order valence-electron chi connectivity index (χ3n) is 1.17. The highest BCUT2D eigenvalue weighted by molar-refractivity contribution is 5.73. The molecule has 0 rings (SSSR count). The second-order valence-electron chi connectivity index (χ2n) is 2.61. The van der Waals surface area contributed by atoms with Crippen LogP contribution < -0.4 is 5.32 Å². The number of hydrogen-bond donors (Lipinski definition) is 1. The van der Waals surface area contributed by atoms with Crippen LogP contribution in [0, 0.1) is 11.3 Å². The lowest BCUT2D eigenvalue weighted by Gasteiger charge is -2.15. The smallest absolute Gasteiger partial charge is 0.317 e. The quantitative estimate of drug-likeness (QED) is 0.633. The van der Waals surface area contributed by atoms with Crippen LogP contribution in [0.15, 0.2) is 0 Å². The van der Waals surface area contributed by atoms with Crippen molar-refractivity contribution in [2.45, 2.75) is 19.4 Å². The molecule has 0 bridgehead atoms. The predicted octanol–water partition coefficient (Wildman–Crippen LogP) is 0.560. The molecule has 4 nitrogen and oxygen atoms in total. The molecule has 0 aromatic heterocycles. The van der Waals surface area contributed by atoms with Crippen LogP contribution in [0.25, 0.3) is 0 Å². The Morgan fingerprint density at radius 3 is 2.64 bits per heavy atom. The molecule has 0 spiro atoms. The van der Waals surface area contributed by atoms with Gasteiger partial charge in [0.25, 0.3) is 0 Å². The molecule has 1 N–H and O–H groups in total. The zero-order valence-corrected chi connectivity index (χ0v) is 7.09. The molecule has 1 unspecified atom stereocenters. The molecule has 11 heavy (non-hydrogen) atoms. The summed E-state index contributed by atoms with van der Waals surface area (Å²) in [6.45, 7) is 1.80. The summed E-state index contributed by atoms with van der Waals surface area (Å²) in [5, 5.41) is 10.9. The summed E-state index contributed by atoms with van der Waals surface area (Å²) in [6, 6.07) is 1.74. The maximum atomic E-state index is 10.9. The van der Waals surface area contributed by atoms with Crippen LogP contribution in [-0.2, 0) is 0 Å². The number of nitrogens with one attached hydrogen (secondary N) is 1. The van der Waals surface area contributed by atoms with Crippen molar-refractivity contribution in [3.63, 3.8) is 0 Å². The number of carbonyl (C=O) groups is 1. The Bertz CT molecular complexity index is 171. The van der Waals surface area contributed by atoms with Gasteiger partial charge in [0.15, 0.2) is 0 Å². The molecular weight excluding hydrogens is 142 g/mol. The molecule has 0 heterocycles. The number of urea groups is 1. The van der Waals surface area contributed by atoms with Crippen molar-refractivity contribution in [1.29, 1.82) is 5.26 Å². The van der Waals surface area contributed by atoms with Gasteiger partial charge in [-0.15, -0.1) is 0 Å². The number of hydrogen-bond acceptors (Lipinski definition) is 2. The van der Waals surface area contributed by atoms with Gasteiger partial charge in [-0.2, -0.15) is 5.26 Å². The van der Waals surface area contributed by atoms with Crippen molar-refractivity contribution < 1.29 is 4.79 Å². The van der Waals surface area contributed by atoms with Gasteiger partial charge in [0.1, 0.15) is 0 Å². The molecule has 4 heteroatoms. The molecule has 0 saturated carbocycles. The Morgan fingerprint density at radius 1 is 1.73 bits per heavy atom. The van der Waals surface area contributed by atoms with Crippen LogP contribution in [0.3, 0.4) is 0 Å². The lowest BCUT2D eigenvalue weighted by Crippen LogP contribution is -2.39. The topological polar surface area (TPSA) is 56.1 Å². The highest BCUT2D eigenvalue weighted by Gasteiger charge is 2.06. The predicted molar refractivity (Wildman–Crippen MR) is 41.9 cm³/mol. The van der Waals surface area contributed by atoms with Crippen LogP contribution in [-0.4, -0.2) is 31.1 Å². The summed E-state index contributed by atoms with van der Waals surface area (Å²) < 4.78 is 0. The van der Waals surface area contributed by atoms with Gasteiger partial charge in [0.2, 0.25) is 0 Å². The Labute approximate surface area is 66.8 Å². The maximum Gasteiger partial charge on any atom is 0.317 e. The number of nitriles is 1. The van der Waals surface area contributed by atoms with E-state index in [0.717, 1.165) is 0 Å². The third kappa shape index (κ3) is 4.20. The van der Waals surface area contributed by atoms with Gasteiger partial charge < -0.3 is 10.2 Å². The summed E-state index contributed by atoms with van der Waals surface area (Å²) >= 11 is 0. The minimum absolute atomic E-state index is 0.0742. The van der Waals surface area contributed by atoms with Crippen LogP contribution in [0.1, 0.15) is 13.3 Å². The lowest BCUT2D eigenvalue weighted by molar-refractivity contribution is 0.214. The number of rotatable bonds is 2. The summed E-state index contributed by atoms with van der Waals surface area (Å²) in [5.41, 5.74) is 0. The van der Waals surface area contributed by atoms with E-state index in [0.29, 0.717) is 6.42 Å². The van der Waals surface area contributed by atoms with Crippen molar-refractivity contribution in [3.8, 4) is 6.07 Å². The normalized spacial score (nSPS) is 11.5. The van der Waals surface area contributed by atoms with Crippen molar-refractivity contribution in [1.82, 2.24) is 10.2 Å². The van der Waals surface area contributed by atoms with Gasteiger partial charge >= 0.3 is 6.03 Å². The monoisotopic (exact) mass is 155 g/mol. The first-order chi connectivity index (χ1) is 5.07. The molecule has 0 aliphatic rings. The summed E-state index contributed by atoms with van der Waals surface area (Å²) in [7, 11) is 3.32. The van der Waals surface area contributed by atoms with Gasteiger partial charge in [-0.05, 0) is 6.92 Å². The Hall–Kier alpha value is -1.24. The number of nitrogens with zero attached hydrogens (tertiary/aromatic N) is 2. The molecule has 0 saturated heterocycles. The second-order valence-corrected chi connectivity index (χ2v) is 2.61. The fourth-order valence-corrected chi connectivity index (χ4v) is 0.528. The van der Waals surface area contributed by atoms with Crippen molar-refractivity contribution in [2.75, 3.05) is 14.1 Å². The minimum Gasteiger partial charge on any atom is -0.335 e. The largest absolute Gasteiger partial charge is 0.335 e. The van der Waals surface area contributed by atoms with Crippen molar-refractivity contribution in [2.24, 2.45) is 0 Å². The average molecular weight is 155 g/mol. The average Bonchev–Trinajstić information content (AvgIpc) is 1.87. The van der Waals surface area contributed by atoms with Crippen LogP contribution in [0.2, 0.25) is 0 Å². The van der Waals surface area contributed by atoms with E-state index in [1.54, 1.807) is 21.0 Å². The summed E-state index contributed by atoms with van der Waals surface area (Å²) in [4.78, 5) is 12.4. The van der Waals surface area contributed by atoms with E-state index in [1.165, 1.54) is 4.90 Å². The molecule has 0 radical (unpaired) electrons. The van der Waals surface area contributed by atoms with E-state index >= 15 is 0 Å². The van der Waals surface area contributed by atoms with E-state index in [1.807, 2.05) is 6.07 Å². The maximum absolute atomic E-state index is 10.9. The van der Waals surface area contributed by atoms with E-state index < -0.39 is 0 Å². The molecule has 0 fully saturated rings. The molecule has 2 amide bonds. The number of carbonyl (C=O) groups excluding carboxylic acids is 1. The Morgan fingerprint density at radius 2 is 2.27 bits per heavy atom. The van der Waals surface area contributed by atoms with Crippen molar-refractivity contribution >= 4 is 6.03 Å². The highest BCUT2D eigenvalue weighted by Crippen LogP contribution is 1.88. The minimum atomic E-state index is -0.159. The van der Waals surface area contributed by atoms with E-state index in [-0.39, 0.29) is 12.1 Å². The zero-order valence-electron chi connectivity index (χ0n) is 7.09. The van der Waals surface area contributed by atoms with Crippen LogP contribution in [0.4, 0.5) is 4.79 Å². The standard InChI is InChI=1S/C7H13N3O/c1-6(4-5-8)9-7(11)10(2)3/h6H,4H2,1-3H3,(H,9,11). The molecule has 0 aliphatic carbocycles.